The molecule has 0 atom stereocenters. The zero-order valence-corrected chi connectivity index (χ0v) is 18.4. The van der Waals surface area contributed by atoms with Crippen LogP contribution in [0.2, 0.25) is 0 Å². The van der Waals surface area contributed by atoms with E-state index in [-0.39, 0.29) is 0 Å². The lowest BCUT2D eigenvalue weighted by Crippen LogP contribution is -2.10. The fourth-order valence-corrected chi connectivity index (χ4v) is 4.62. The molecule has 0 aliphatic carbocycles. The summed E-state index contributed by atoms with van der Waals surface area (Å²) in [4.78, 5) is 6.57. The first-order valence-corrected chi connectivity index (χ1v) is 11.1. The summed E-state index contributed by atoms with van der Waals surface area (Å²) in [7, 11) is 2.15. The topological polar surface area (TPSA) is 21.1 Å². The van der Waals surface area contributed by atoms with E-state index in [1.807, 2.05) is 18.3 Å². The highest BCUT2D eigenvalue weighted by Gasteiger charge is 2.15. The molecule has 0 saturated heterocycles. The van der Waals surface area contributed by atoms with Crippen molar-refractivity contribution in [1.82, 2.24) is 9.55 Å². The molecule has 0 saturated carbocycles. The zero-order chi connectivity index (χ0) is 22.2. The number of benzene rings is 4. The molecule has 0 bridgehead atoms. The van der Waals surface area contributed by atoms with E-state index in [9.17, 15) is 0 Å². The molecule has 0 spiro atoms. The van der Waals surface area contributed by atoms with E-state index in [1.54, 1.807) is 6.20 Å². The second-order valence-corrected chi connectivity index (χ2v) is 8.27. The van der Waals surface area contributed by atoms with Crippen molar-refractivity contribution in [1.29, 1.82) is 0 Å². The van der Waals surface area contributed by atoms with E-state index >= 15 is 0 Å². The highest BCUT2D eigenvalue weighted by molar-refractivity contribution is 6.33. The molecule has 3 nitrogen and oxygen atoms in total. The van der Waals surface area contributed by atoms with Gasteiger partial charge in [0.2, 0.25) is 0 Å². The van der Waals surface area contributed by atoms with Crippen LogP contribution < -0.4 is 10.4 Å². The molecule has 2 heterocycles. The van der Waals surface area contributed by atoms with Crippen molar-refractivity contribution in [3.8, 4) is 5.69 Å². The van der Waals surface area contributed by atoms with Crippen molar-refractivity contribution in [2.24, 2.45) is 0 Å². The largest absolute Gasteiger partial charge is 0.309 e. The predicted octanol–water partition coefficient (Wildman–Crippen LogP) is 5.91. The van der Waals surface area contributed by atoms with Crippen LogP contribution in [-0.2, 0) is 0 Å². The molecular weight excluding hydrogens is 401 g/mol. The molecule has 6 aromatic rings. The van der Waals surface area contributed by atoms with Crippen molar-refractivity contribution in [2.75, 3.05) is 4.90 Å². The van der Waals surface area contributed by atoms with Crippen LogP contribution in [0, 0.1) is 0 Å². The van der Waals surface area contributed by atoms with Gasteiger partial charge >= 0.3 is 0 Å². The average Bonchev–Trinajstić information content (AvgIpc) is 3.19. The maximum Gasteiger partial charge on any atom is 0.139 e. The fraction of sp³-hybridized carbons (Fsp3) is 0. The molecular formula is C29H22BN3. The number of hydrogen-bond acceptors (Lipinski definition) is 2. The Morgan fingerprint density at radius 3 is 2.09 bits per heavy atom. The van der Waals surface area contributed by atoms with Gasteiger partial charge in [-0.2, -0.15) is 0 Å². The first kappa shape index (κ1) is 19.4. The minimum Gasteiger partial charge on any atom is -0.309 e. The van der Waals surface area contributed by atoms with Crippen LogP contribution >= 0.6 is 0 Å². The van der Waals surface area contributed by atoms with Crippen LogP contribution in [-0.4, -0.2) is 17.4 Å². The van der Waals surface area contributed by atoms with E-state index in [0.717, 1.165) is 22.7 Å². The lowest BCUT2D eigenvalue weighted by atomic mass is 9.95. The summed E-state index contributed by atoms with van der Waals surface area (Å²) in [5, 5.41) is 2.55. The van der Waals surface area contributed by atoms with Gasteiger partial charge in [0.05, 0.1) is 22.9 Å². The quantitative estimate of drug-likeness (QED) is 0.329. The van der Waals surface area contributed by atoms with Crippen LogP contribution in [0.3, 0.4) is 0 Å². The Morgan fingerprint density at radius 1 is 0.606 bits per heavy atom. The second-order valence-electron chi connectivity index (χ2n) is 8.27. The van der Waals surface area contributed by atoms with Gasteiger partial charge in [0.25, 0.3) is 0 Å². The lowest BCUT2D eigenvalue weighted by Gasteiger charge is -2.25. The number of pyridine rings is 1. The van der Waals surface area contributed by atoms with E-state index in [1.165, 1.54) is 27.3 Å². The predicted molar refractivity (Wildman–Crippen MR) is 141 cm³/mol. The summed E-state index contributed by atoms with van der Waals surface area (Å²) in [6.45, 7) is 0. The minimum absolute atomic E-state index is 1.03. The summed E-state index contributed by atoms with van der Waals surface area (Å²) in [6, 6.07) is 38.6. The second kappa shape index (κ2) is 7.99. The Hall–Kier alpha value is -4.31. The molecule has 0 radical (unpaired) electrons. The van der Waals surface area contributed by atoms with Crippen LogP contribution in [0.5, 0.6) is 0 Å². The monoisotopic (exact) mass is 423 g/mol. The third-order valence-corrected chi connectivity index (χ3v) is 6.11. The Bertz CT molecular complexity index is 1520. The first-order chi connectivity index (χ1) is 16.3. The normalized spacial score (nSPS) is 11.2. The summed E-state index contributed by atoms with van der Waals surface area (Å²) in [6.07, 6.45) is 3.71. The number of fused-ring (bicyclic) bond motifs is 3. The van der Waals surface area contributed by atoms with Crippen LogP contribution in [0.15, 0.2) is 122 Å². The zero-order valence-electron chi connectivity index (χ0n) is 18.4. The lowest BCUT2D eigenvalue weighted by molar-refractivity contribution is 1.17. The van der Waals surface area contributed by atoms with E-state index in [2.05, 4.69) is 119 Å². The van der Waals surface area contributed by atoms with Gasteiger partial charge in [0.15, 0.2) is 0 Å². The Morgan fingerprint density at radius 2 is 1.30 bits per heavy atom. The van der Waals surface area contributed by atoms with Gasteiger partial charge in [0, 0.05) is 34.0 Å². The minimum atomic E-state index is 1.03. The number of aromatic nitrogens is 2. The molecule has 0 unspecified atom stereocenters. The molecule has 2 aromatic heterocycles. The number of hydrogen-bond donors (Lipinski definition) is 0. The molecule has 0 aliphatic rings. The number of para-hydroxylation sites is 2. The maximum atomic E-state index is 4.35. The third kappa shape index (κ3) is 3.37. The van der Waals surface area contributed by atoms with Gasteiger partial charge in [0.1, 0.15) is 7.85 Å². The number of anilines is 3. The van der Waals surface area contributed by atoms with Gasteiger partial charge in [-0.05, 0) is 60.7 Å². The molecule has 4 aromatic carbocycles. The van der Waals surface area contributed by atoms with Crippen LogP contribution in [0.4, 0.5) is 17.1 Å². The molecule has 156 valence electrons. The standard InChI is InChI=1S/C29H22BN3/c30-21-12-17-27-26-10-4-5-11-28(26)33(29(27)19-21)24-15-13-23(14-16-24)32(22-7-2-1-3-8-22)25-9-6-18-31-20-25/h1-20H,30H2. The Kier molecular flexibility index (Phi) is 4.69. The number of nitrogens with zero attached hydrogens (tertiary/aromatic N) is 3. The summed E-state index contributed by atoms with van der Waals surface area (Å²) in [5.74, 6) is 0. The Balaban J connectivity index is 1.51. The van der Waals surface area contributed by atoms with Gasteiger partial charge in [-0.3, -0.25) is 4.98 Å². The van der Waals surface area contributed by atoms with Crippen LogP contribution in [0.25, 0.3) is 27.5 Å². The van der Waals surface area contributed by atoms with Crippen molar-refractivity contribution in [2.45, 2.75) is 0 Å². The molecule has 0 N–H and O–H groups in total. The molecule has 6 rings (SSSR count). The van der Waals surface area contributed by atoms with Gasteiger partial charge < -0.3 is 9.47 Å². The summed E-state index contributed by atoms with van der Waals surface area (Å²) >= 11 is 0. The maximum absolute atomic E-state index is 4.35. The smallest absolute Gasteiger partial charge is 0.139 e. The average molecular weight is 423 g/mol. The van der Waals surface area contributed by atoms with Gasteiger partial charge in [-0.25, -0.2) is 0 Å². The molecule has 0 aliphatic heterocycles. The van der Waals surface area contributed by atoms with Crippen molar-refractivity contribution >= 4 is 52.2 Å². The highest BCUT2D eigenvalue weighted by Crippen LogP contribution is 2.36. The number of rotatable bonds is 4. The molecule has 33 heavy (non-hydrogen) atoms. The Labute approximate surface area is 194 Å². The van der Waals surface area contributed by atoms with E-state index in [4.69, 9.17) is 0 Å². The third-order valence-electron chi connectivity index (χ3n) is 6.11. The van der Waals surface area contributed by atoms with Crippen molar-refractivity contribution < 1.29 is 0 Å². The first-order valence-electron chi connectivity index (χ1n) is 11.1. The summed E-state index contributed by atoms with van der Waals surface area (Å²) in [5.41, 5.74) is 8.09. The summed E-state index contributed by atoms with van der Waals surface area (Å²) < 4.78 is 2.36. The van der Waals surface area contributed by atoms with Crippen molar-refractivity contribution in [3.63, 3.8) is 0 Å². The van der Waals surface area contributed by atoms with Gasteiger partial charge in [-0.15, -0.1) is 0 Å². The molecule has 0 fully saturated rings. The van der Waals surface area contributed by atoms with Crippen LogP contribution in [0.1, 0.15) is 0 Å². The van der Waals surface area contributed by atoms with E-state index < -0.39 is 0 Å². The van der Waals surface area contributed by atoms with Gasteiger partial charge in [-0.1, -0.05) is 54.0 Å². The fourth-order valence-electron chi connectivity index (χ4n) is 4.62. The molecule has 0 amide bonds. The van der Waals surface area contributed by atoms with Crippen molar-refractivity contribution in [3.05, 3.63) is 122 Å². The molecule has 4 heteroatoms. The highest BCUT2D eigenvalue weighted by atomic mass is 15.1. The van der Waals surface area contributed by atoms with E-state index in [0.29, 0.717) is 0 Å². The SMILES string of the molecule is Bc1ccc2c3ccccc3n(-c3ccc(N(c4ccccc4)c4cccnc4)cc3)c2c1.